The molecule has 1 aliphatic rings. The Morgan fingerprint density at radius 1 is 1.03 bits per heavy atom. The zero-order valence-electron chi connectivity index (χ0n) is 19.6. The summed E-state index contributed by atoms with van der Waals surface area (Å²) in [6.07, 6.45) is 6.42. The summed E-state index contributed by atoms with van der Waals surface area (Å²) in [6.45, 7) is 0.0566. The Hall–Kier alpha value is -3.42. The molecule has 0 bridgehead atoms. The highest BCUT2D eigenvalue weighted by atomic mass is 16.5. The maximum Gasteiger partial charge on any atom is 0.255 e. The van der Waals surface area contributed by atoms with E-state index < -0.39 is 5.91 Å². The fourth-order valence-electron chi connectivity index (χ4n) is 4.11. The van der Waals surface area contributed by atoms with Crippen molar-refractivity contribution in [1.29, 1.82) is 0 Å². The molecule has 3 N–H and O–H groups in total. The van der Waals surface area contributed by atoms with Gasteiger partial charge in [0.2, 0.25) is 5.75 Å². The van der Waals surface area contributed by atoms with E-state index in [1.807, 2.05) is 12.1 Å². The van der Waals surface area contributed by atoms with E-state index in [4.69, 9.17) is 19.9 Å². The van der Waals surface area contributed by atoms with E-state index in [2.05, 4.69) is 29.4 Å². The smallest absolute Gasteiger partial charge is 0.255 e. The summed E-state index contributed by atoms with van der Waals surface area (Å²) >= 11 is 0. The summed E-state index contributed by atoms with van der Waals surface area (Å²) in [5.74, 6) is -0.145. The van der Waals surface area contributed by atoms with E-state index in [1.165, 1.54) is 64.1 Å². The molecule has 8 heteroatoms. The number of ether oxygens (including phenoxy) is 3. The molecule has 1 aliphatic carbocycles. The van der Waals surface area contributed by atoms with Crippen LogP contribution in [0.5, 0.6) is 17.2 Å². The third kappa shape index (κ3) is 6.31. The molecule has 0 unspecified atom stereocenters. The van der Waals surface area contributed by atoms with Gasteiger partial charge in [0.1, 0.15) is 0 Å². The van der Waals surface area contributed by atoms with Crippen LogP contribution in [0, 0.1) is 0 Å². The van der Waals surface area contributed by atoms with Gasteiger partial charge in [-0.15, -0.1) is 0 Å². The van der Waals surface area contributed by atoms with Crippen molar-refractivity contribution in [3.05, 3.63) is 47.5 Å². The molecular weight excluding hydrogens is 422 g/mol. The molecule has 0 aliphatic heterocycles. The molecule has 1 saturated carbocycles. The molecule has 178 valence electrons. The van der Waals surface area contributed by atoms with E-state index >= 15 is 0 Å². The number of carbonyl (C=O) groups excluding carboxylic acids is 2. The van der Waals surface area contributed by atoms with E-state index in [1.54, 1.807) is 0 Å². The second kappa shape index (κ2) is 11.4. The number of primary amides is 1. The van der Waals surface area contributed by atoms with Gasteiger partial charge in [0, 0.05) is 30.9 Å². The number of rotatable bonds is 10. The standard InChI is InChI=1S/C25H33N3O5/c1-28(19-7-5-4-6-8-19)20-11-9-17(10-12-20)15-27-25(30)18-13-21(31-2)24(22(14-18)32-3)33-16-23(26)29/h9-14,19H,4-8,15-16H2,1-3H3,(H2,26,29)(H,27,30). The van der Waals surface area contributed by atoms with E-state index in [-0.39, 0.29) is 29.8 Å². The highest BCUT2D eigenvalue weighted by Gasteiger charge is 2.19. The topological polar surface area (TPSA) is 103 Å². The molecule has 0 saturated heterocycles. The normalized spacial score (nSPS) is 13.8. The van der Waals surface area contributed by atoms with E-state index in [9.17, 15) is 9.59 Å². The number of methoxy groups -OCH3 is 2. The number of hydrogen-bond acceptors (Lipinski definition) is 6. The molecule has 0 atom stereocenters. The predicted molar refractivity (Wildman–Crippen MR) is 127 cm³/mol. The Labute approximate surface area is 195 Å². The van der Waals surface area contributed by atoms with Crippen LogP contribution in [-0.4, -0.2) is 45.7 Å². The molecule has 0 spiro atoms. The molecule has 1 fully saturated rings. The summed E-state index contributed by atoms with van der Waals surface area (Å²) < 4.78 is 16.0. The van der Waals surface area contributed by atoms with Crippen molar-refractivity contribution in [3.8, 4) is 17.2 Å². The number of benzene rings is 2. The van der Waals surface area contributed by atoms with Gasteiger partial charge in [-0.05, 0) is 42.7 Å². The summed E-state index contributed by atoms with van der Waals surface area (Å²) in [7, 11) is 5.04. The summed E-state index contributed by atoms with van der Waals surface area (Å²) in [5.41, 5.74) is 7.70. The SMILES string of the molecule is COc1cc(C(=O)NCc2ccc(N(C)C3CCCCC3)cc2)cc(OC)c1OCC(N)=O. The van der Waals surface area contributed by atoms with Crippen LogP contribution in [0.3, 0.4) is 0 Å². The van der Waals surface area contributed by atoms with Gasteiger partial charge in [0.25, 0.3) is 11.8 Å². The van der Waals surface area contributed by atoms with Crippen LogP contribution in [0.2, 0.25) is 0 Å². The number of carbonyl (C=O) groups is 2. The van der Waals surface area contributed by atoms with Crippen molar-refractivity contribution in [2.75, 3.05) is 32.8 Å². The Morgan fingerprint density at radius 2 is 1.64 bits per heavy atom. The number of amides is 2. The summed E-state index contributed by atoms with van der Waals surface area (Å²) in [4.78, 5) is 26.2. The molecule has 2 aromatic carbocycles. The van der Waals surface area contributed by atoms with Crippen molar-refractivity contribution in [3.63, 3.8) is 0 Å². The molecule has 8 nitrogen and oxygen atoms in total. The molecular formula is C25H33N3O5. The molecule has 0 radical (unpaired) electrons. The lowest BCUT2D eigenvalue weighted by atomic mass is 9.94. The van der Waals surface area contributed by atoms with Crippen LogP contribution in [0.4, 0.5) is 5.69 Å². The number of nitrogens with one attached hydrogen (secondary N) is 1. The summed E-state index contributed by atoms with van der Waals surface area (Å²) in [5, 5.41) is 2.92. The number of anilines is 1. The molecule has 0 heterocycles. The van der Waals surface area contributed by atoms with Crippen molar-refractivity contribution >= 4 is 17.5 Å². The first-order valence-corrected chi connectivity index (χ1v) is 11.2. The number of nitrogens with zero attached hydrogens (tertiary/aromatic N) is 1. The Kier molecular flexibility index (Phi) is 8.40. The lowest BCUT2D eigenvalue weighted by Gasteiger charge is -2.33. The maximum absolute atomic E-state index is 12.8. The minimum absolute atomic E-state index is 0.216. The number of hydrogen-bond donors (Lipinski definition) is 2. The van der Waals surface area contributed by atoms with Gasteiger partial charge < -0.3 is 30.2 Å². The van der Waals surface area contributed by atoms with E-state index in [0.29, 0.717) is 18.2 Å². The fraction of sp³-hybridized carbons (Fsp3) is 0.440. The first-order valence-electron chi connectivity index (χ1n) is 11.2. The molecule has 2 amide bonds. The minimum Gasteiger partial charge on any atom is -0.493 e. The number of nitrogens with two attached hydrogens (primary N) is 1. The first-order chi connectivity index (χ1) is 15.9. The van der Waals surface area contributed by atoms with Crippen LogP contribution in [0.15, 0.2) is 36.4 Å². The maximum atomic E-state index is 12.8. The molecule has 3 rings (SSSR count). The average molecular weight is 456 g/mol. The van der Waals surface area contributed by atoms with Crippen molar-refractivity contribution in [2.24, 2.45) is 5.73 Å². The average Bonchev–Trinajstić information content (AvgIpc) is 2.85. The Bertz CT molecular complexity index is 930. The predicted octanol–water partition coefficient (Wildman–Crippen LogP) is 3.27. The second-order valence-corrected chi connectivity index (χ2v) is 8.22. The molecule has 2 aromatic rings. The fourth-order valence-corrected chi connectivity index (χ4v) is 4.11. The van der Waals surface area contributed by atoms with Crippen LogP contribution in [-0.2, 0) is 11.3 Å². The zero-order chi connectivity index (χ0) is 23.8. The monoisotopic (exact) mass is 455 g/mol. The van der Waals surface area contributed by atoms with E-state index in [0.717, 1.165) is 5.56 Å². The quantitative estimate of drug-likeness (QED) is 0.570. The van der Waals surface area contributed by atoms with Gasteiger partial charge in [-0.25, -0.2) is 0 Å². The highest BCUT2D eigenvalue weighted by Crippen LogP contribution is 2.38. The van der Waals surface area contributed by atoms with Crippen LogP contribution in [0.25, 0.3) is 0 Å². The van der Waals surface area contributed by atoms with Gasteiger partial charge in [0.05, 0.1) is 14.2 Å². The van der Waals surface area contributed by atoms with Gasteiger partial charge in [0.15, 0.2) is 18.1 Å². The zero-order valence-corrected chi connectivity index (χ0v) is 19.6. The third-order valence-electron chi connectivity index (χ3n) is 6.00. The minimum atomic E-state index is -0.628. The van der Waals surface area contributed by atoms with Crippen molar-refractivity contribution in [2.45, 2.75) is 44.7 Å². The van der Waals surface area contributed by atoms with Crippen LogP contribution in [0.1, 0.15) is 48.0 Å². The van der Waals surface area contributed by atoms with Crippen LogP contribution < -0.4 is 30.2 Å². The van der Waals surface area contributed by atoms with Crippen LogP contribution >= 0.6 is 0 Å². The Morgan fingerprint density at radius 3 is 2.18 bits per heavy atom. The lowest BCUT2D eigenvalue weighted by molar-refractivity contribution is -0.120. The van der Waals surface area contributed by atoms with Gasteiger partial charge in [-0.3, -0.25) is 9.59 Å². The first kappa shape index (κ1) is 24.2. The van der Waals surface area contributed by atoms with Crippen molar-refractivity contribution in [1.82, 2.24) is 5.32 Å². The Balaban J connectivity index is 1.64. The van der Waals surface area contributed by atoms with Gasteiger partial charge >= 0.3 is 0 Å². The molecule has 0 aromatic heterocycles. The second-order valence-electron chi connectivity index (χ2n) is 8.22. The lowest BCUT2D eigenvalue weighted by Crippen LogP contribution is -2.33. The summed E-state index contributed by atoms with van der Waals surface area (Å²) in [6, 6.07) is 12.0. The van der Waals surface area contributed by atoms with Gasteiger partial charge in [-0.2, -0.15) is 0 Å². The molecule has 33 heavy (non-hydrogen) atoms. The van der Waals surface area contributed by atoms with Gasteiger partial charge in [-0.1, -0.05) is 31.4 Å². The highest BCUT2D eigenvalue weighted by molar-refractivity contribution is 5.95. The third-order valence-corrected chi connectivity index (χ3v) is 6.00. The largest absolute Gasteiger partial charge is 0.493 e. The van der Waals surface area contributed by atoms with Crippen molar-refractivity contribution < 1.29 is 23.8 Å².